The van der Waals surface area contributed by atoms with E-state index in [1.165, 1.54) is 29.2 Å². The SMILES string of the molecule is O=C(C[C@H]1C(=O)NCCN1C(=O)CN1CCN(CCO)CC1)Nc1ccc(F)cc1. The van der Waals surface area contributed by atoms with Crippen LogP contribution in [0.15, 0.2) is 24.3 Å². The fraction of sp³-hybridized carbons (Fsp3) is 0.550. The van der Waals surface area contributed by atoms with Crippen LogP contribution in [0.3, 0.4) is 0 Å². The summed E-state index contributed by atoms with van der Waals surface area (Å²) in [7, 11) is 0. The van der Waals surface area contributed by atoms with Gasteiger partial charge in [0.15, 0.2) is 0 Å². The molecule has 9 nitrogen and oxygen atoms in total. The lowest BCUT2D eigenvalue weighted by atomic mass is 10.1. The summed E-state index contributed by atoms with van der Waals surface area (Å²) < 4.78 is 13.0. The van der Waals surface area contributed by atoms with Crippen LogP contribution in [0.4, 0.5) is 10.1 Å². The largest absolute Gasteiger partial charge is 0.395 e. The van der Waals surface area contributed by atoms with Crippen molar-refractivity contribution >= 4 is 23.4 Å². The second kappa shape index (κ2) is 10.5. The molecule has 0 aromatic heterocycles. The normalized spacial score (nSPS) is 20.7. The van der Waals surface area contributed by atoms with Crippen molar-refractivity contribution in [2.24, 2.45) is 0 Å². The number of anilines is 1. The van der Waals surface area contributed by atoms with Crippen molar-refractivity contribution in [3.05, 3.63) is 30.1 Å². The number of rotatable bonds is 7. The summed E-state index contributed by atoms with van der Waals surface area (Å²) in [4.78, 5) is 43.3. The first-order valence-electron chi connectivity index (χ1n) is 10.1. The molecule has 0 saturated carbocycles. The van der Waals surface area contributed by atoms with Crippen LogP contribution < -0.4 is 10.6 Å². The zero-order valence-corrected chi connectivity index (χ0v) is 16.8. The van der Waals surface area contributed by atoms with Crippen LogP contribution >= 0.6 is 0 Å². The predicted octanol–water partition coefficient (Wildman–Crippen LogP) is -0.909. The molecular weight excluding hydrogens is 393 g/mol. The minimum Gasteiger partial charge on any atom is -0.395 e. The molecule has 1 atom stereocenters. The summed E-state index contributed by atoms with van der Waals surface area (Å²) in [5.41, 5.74) is 0.427. The molecule has 2 aliphatic heterocycles. The van der Waals surface area contributed by atoms with Gasteiger partial charge in [0, 0.05) is 51.5 Å². The number of β-amino-alcohol motifs (C(OH)–C–C–N with tert-alkyl or cyclic N) is 1. The lowest BCUT2D eigenvalue weighted by Crippen LogP contribution is -2.60. The van der Waals surface area contributed by atoms with Crippen LogP contribution in [0.2, 0.25) is 0 Å². The summed E-state index contributed by atoms with van der Waals surface area (Å²) in [6, 6.07) is 4.47. The highest BCUT2D eigenvalue weighted by molar-refractivity contribution is 5.97. The summed E-state index contributed by atoms with van der Waals surface area (Å²) in [5.74, 6) is -1.36. The lowest BCUT2D eigenvalue weighted by molar-refractivity contribution is -0.145. The molecule has 1 aromatic carbocycles. The number of hydrogen-bond acceptors (Lipinski definition) is 6. The Hall–Kier alpha value is -2.56. The molecule has 2 aliphatic rings. The summed E-state index contributed by atoms with van der Waals surface area (Å²) in [6.07, 6.45) is -0.167. The van der Waals surface area contributed by atoms with Gasteiger partial charge in [0.1, 0.15) is 11.9 Å². The topological polar surface area (TPSA) is 105 Å². The third kappa shape index (κ3) is 5.97. The maximum atomic E-state index is 13.0. The van der Waals surface area contributed by atoms with E-state index in [1.807, 2.05) is 4.90 Å². The van der Waals surface area contributed by atoms with E-state index in [9.17, 15) is 18.8 Å². The Morgan fingerprint density at radius 2 is 1.77 bits per heavy atom. The Morgan fingerprint density at radius 1 is 1.10 bits per heavy atom. The smallest absolute Gasteiger partial charge is 0.243 e. The van der Waals surface area contributed by atoms with Crippen LogP contribution in [-0.4, -0.2) is 103 Å². The van der Waals surface area contributed by atoms with Gasteiger partial charge in [-0.1, -0.05) is 0 Å². The highest BCUT2D eigenvalue weighted by Crippen LogP contribution is 2.14. The third-order valence-corrected chi connectivity index (χ3v) is 5.40. The molecule has 0 radical (unpaired) electrons. The molecule has 0 aliphatic carbocycles. The quantitative estimate of drug-likeness (QED) is 0.527. The van der Waals surface area contributed by atoms with E-state index >= 15 is 0 Å². The Balaban J connectivity index is 1.55. The molecule has 3 amide bonds. The molecular formula is C20H28FN5O4. The van der Waals surface area contributed by atoms with Gasteiger partial charge >= 0.3 is 0 Å². The number of hydrogen-bond donors (Lipinski definition) is 3. The van der Waals surface area contributed by atoms with E-state index in [0.29, 0.717) is 38.4 Å². The molecule has 164 valence electrons. The number of piperazine rings is 2. The lowest BCUT2D eigenvalue weighted by Gasteiger charge is -2.38. The number of aliphatic hydroxyl groups is 1. The number of carbonyl (C=O) groups is 3. The third-order valence-electron chi connectivity index (χ3n) is 5.40. The Morgan fingerprint density at radius 3 is 2.43 bits per heavy atom. The number of aliphatic hydroxyl groups excluding tert-OH is 1. The second-order valence-electron chi connectivity index (χ2n) is 7.49. The van der Waals surface area contributed by atoms with E-state index in [2.05, 4.69) is 15.5 Å². The molecule has 2 saturated heterocycles. The number of nitrogens with zero attached hydrogens (tertiary/aromatic N) is 3. The van der Waals surface area contributed by atoms with Gasteiger partial charge in [-0.15, -0.1) is 0 Å². The first-order valence-corrected chi connectivity index (χ1v) is 10.1. The van der Waals surface area contributed by atoms with Crippen LogP contribution in [0.25, 0.3) is 0 Å². The Kier molecular flexibility index (Phi) is 7.72. The fourth-order valence-electron chi connectivity index (χ4n) is 3.73. The molecule has 0 unspecified atom stereocenters. The summed E-state index contributed by atoms with van der Waals surface area (Å²) in [6.45, 7) is 4.60. The van der Waals surface area contributed by atoms with Crippen molar-refractivity contribution in [3.8, 4) is 0 Å². The van der Waals surface area contributed by atoms with Crippen LogP contribution in [0, 0.1) is 5.82 Å². The molecule has 2 heterocycles. The second-order valence-corrected chi connectivity index (χ2v) is 7.49. The molecule has 1 aromatic rings. The summed E-state index contributed by atoms with van der Waals surface area (Å²) >= 11 is 0. The van der Waals surface area contributed by atoms with E-state index < -0.39 is 17.8 Å². The average molecular weight is 421 g/mol. The number of halogens is 1. The molecule has 3 N–H and O–H groups in total. The standard InChI is InChI=1S/C20H28FN5O4/c21-15-1-3-16(4-2-15)23-18(28)13-17-20(30)22-5-6-26(17)19(29)14-25-9-7-24(8-10-25)11-12-27/h1-4,17,27H,5-14H2,(H,22,30)(H,23,28)/t17-/m0/s1. The monoisotopic (exact) mass is 421 g/mol. The van der Waals surface area contributed by atoms with Crippen molar-refractivity contribution in [2.75, 3.05) is 64.3 Å². The maximum absolute atomic E-state index is 13.0. The minimum atomic E-state index is -0.873. The van der Waals surface area contributed by atoms with Crippen LogP contribution in [0.5, 0.6) is 0 Å². The highest BCUT2D eigenvalue weighted by Gasteiger charge is 2.35. The van der Waals surface area contributed by atoms with E-state index in [1.54, 1.807) is 0 Å². The Labute approximate surface area is 174 Å². The zero-order chi connectivity index (χ0) is 21.5. The number of nitrogens with one attached hydrogen (secondary N) is 2. The van der Waals surface area contributed by atoms with Gasteiger partial charge in [-0.25, -0.2) is 4.39 Å². The van der Waals surface area contributed by atoms with E-state index in [-0.39, 0.29) is 31.4 Å². The van der Waals surface area contributed by atoms with Crippen molar-refractivity contribution < 1.29 is 23.9 Å². The van der Waals surface area contributed by atoms with Crippen molar-refractivity contribution in [2.45, 2.75) is 12.5 Å². The van der Waals surface area contributed by atoms with E-state index in [4.69, 9.17) is 5.11 Å². The van der Waals surface area contributed by atoms with Crippen molar-refractivity contribution in [1.29, 1.82) is 0 Å². The number of benzene rings is 1. The number of carbonyl (C=O) groups excluding carboxylic acids is 3. The first kappa shape index (κ1) is 22.1. The molecule has 0 spiro atoms. The molecule has 10 heteroatoms. The molecule has 30 heavy (non-hydrogen) atoms. The van der Waals surface area contributed by atoms with Gasteiger partial charge in [-0.05, 0) is 24.3 Å². The van der Waals surface area contributed by atoms with Crippen LogP contribution in [-0.2, 0) is 14.4 Å². The molecule has 2 fully saturated rings. The summed E-state index contributed by atoms with van der Waals surface area (Å²) in [5, 5.41) is 14.4. The fourth-order valence-corrected chi connectivity index (χ4v) is 3.73. The van der Waals surface area contributed by atoms with E-state index in [0.717, 1.165) is 13.1 Å². The average Bonchev–Trinajstić information content (AvgIpc) is 2.73. The van der Waals surface area contributed by atoms with Gasteiger partial charge in [-0.3, -0.25) is 24.2 Å². The number of amides is 3. The van der Waals surface area contributed by atoms with Gasteiger partial charge in [0.2, 0.25) is 17.7 Å². The maximum Gasteiger partial charge on any atom is 0.243 e. The molecule has 3 rings (SSSR count). The minimum absolute atomic E-state index is 0.115. The van der Waals surface area contributed by atoms with Gasteiger partial charge in [0.05, 0.1) is 19.6 Å². The van der Waals surface area contributed by atoms with Gasteiger partial charge in [0.25, 0.3) is 0 Å². The molecule has 0 bridgehead atoms. The first-order chi connectivity index (χ1) is 14.5. The zero-order valence-electron chi connectivity index (χ0n) is 16.8. The van der Waals surface area contributed by atoms with Crippen molar-refractivity contribution in [3.63, 3.8) is 0 Å². The predicted molar refractivity (Wildman–Crippen MR) is 108 cm³/mol. The van der Waals surface area contributed by atoms with Gasteiger partial charge < -0.3 is 20.6 Å². The highest BCUT2D eigenvalue weighted by atomic mass is 19.1. The van der Waals surface area contributed by atoms with Crippen molar-refractivity contribution in [1.82, 2.24) is 20.0 Å². The van der Waals surface area contributed by atoms with Gasteiger partial charge in [-0.2, -0.15) is 0 Å². The Bertz CT molecular complexity index is 752. The van der Waals surface area contributed by atoms with Crippen LogP contribution in [0.1, 0.15) is 6.42 Å².